The average molecular weight is 360 g/mol. The Morgan fingerprint density at radius 2 is 2.00 bits per heavy atom. The molecule has 1 unspecified atom stereocenters. The highest BCUT2D eigenvalue weighted by Crippen LogP contribution is 2.25. The number of furan rings is 1. The van der Waals surface area contributed by atoms with Crippen molar-refractivity contribution in [3.8, 4) is 6.07 Å². The molecule has 2 aliphatic rings. The Bertz CT molecular complexity index is 722. The van der Waals surface area contributed by atoms with Crippen LogP contribution in [0.25, 0.3) is 0 Å². The summed E-state index contributed by atoms with van der Waals surface area (Å²) in [4.78, 5) is 28.4. The zero-order valence-corrected chi connectivity index (χ0v) is 15.2. The largest absolute Gasteiger partial charge is 0.444 e. The molecule has 1 aromatic heterocycles. The van der Waals surface area contributed by atoms with Crippen molar-refractivity contribution in [3.63, 3.8) is 0 Å². The summed E-state index contributed by atoms with van der Waals surface area (Å²) in [6.45, 7) is 6.86. The minimum Gasteiger partial charge on any atom is -0.444 e. The third-order valence-corrected chi connectivity index (χ3v) is 5.01. The summed E-state index contributed by atoms with van der Waals surface area (Å²) in [6.07, 6.45) is 1.44. The fourth-order valence-electron chi connectivity index (χ4n) is 3.32. The van der Waals surface area contributed by atoms with Gasteiger partial charge in [-0.05, 0) is 26.7 Å². The lowest BCUT2D eigenvalue weighted by atomic mass is 10.2. The van der Waals surface area contributed by atoms with Gasteiger partial charge in [-0.25, -0.2) is 0 Å². The van der Waals surface area contributed by atoms with Gasteiger partial charge in [0.1, 0.15) is 23.5 Å². The Hall–Kier alpha value is -2.37. The summed E-state index contributed by atoms with van der Waals surface area (Å²) in [5, 5.41) is 11.9. The number of amides is 2. The quantitative estimate of drug-likeness (QED) is 0.861. The molecule has 1 N–H and O–H groups in total. The smallest absolute Gasteiger partial charge is 0.251 e. The Labute approximate surface area is 152 Å². The highest BCUT2D eigenvalue weighted by molar-refractivity contribution is 5.92. The van der Waals surface area contributed by atoms with Gasteiger partial charge in [-0.1, -0.05) is 0 Å². The van der Waals surface area contributed by atoms with Crippen LogP contribution in [0.5, 0.6) is 0 Å². The predicted molar refractivity (Wildman–Crippen MR) is 93.5 cm³/mol. The summed E-state index contributed by atoms with van der Waals surface area (Å²) in [7, 11) is 0. The molecule has 8 nitrogen and oxygen atoms in total. The molecule has 0 spiro atoms. The Morgan fingerprint density at radius 1 is 1.27 bits per heavy atom. The van der Waals surface area contributed by atoms with Gasteiger partial charge in [0.05, 0.1) is 6.54 Å². The summed E-state index contributed by atoms with van der Waals surface area (Å²) in [5.74, 6) is 0.666. The van der Waals surface area contributed by atoms with Crippen LogP contribution < -0.4 is 5.32 Å². The zero-order chi connectivity index (χ0) is 18.7. The highest BCUT2D eigenvalue weighted by Gasteiger charge is 2.30. The standard InChI is InChI=1S/C18H24N4O4/c1-12-13(2)26-17(14(12)10-19)20-16(23)11-21-5-7-22(8-6-21)18(24)15-4-3-9-25-15/h15H,3-9,11H2,1-2H3,(H,20,23). The average Bonchev–Trinajstić information content (AvgIpc) is 3.24. The molecule has 2 saturated heterocycles. The molecule has 2 aliphatic heterocycles. The van der Waals surface area contributed by atoms with Crippen LogP contribution in [-0.2, 0) is 14.3 Å². The van der Waals surface area contributed by atoms with Gasteiger partial charge in [-0.15, -0.1) is 0 Å². The fourth-order valence-corrected chi connectivity index (χ4v) is 3.32. The number of ether oxygens (including phenoxy) is 1. The monoisotopic (exact) mass is 360 g/mol. The minimum atomic E-state index is -0.292. The zero-order valence-electron chi connectivity index (χ0n) is 15.2. The Balaban J connectivity index is 1.48. The van der Waals surface area contributed by atoms with Gasteiger partial charge >= 0.3 is 0 Å². The van der Waals surface area contributed by atoms with Crippen molar-refractivity contribution in [3.05, 3.63) is 16.9 Å². The molecule has 26 heavy (non-hydrogen) atoms. The number of nitriles is 1. The van der Waals surface area contributed by atoms with Crippen molar-refractivity contribution >= 4 is 17.7 Å². The topological polar surface area (TPSA) is 98.8 Å². The summed E-state index contributed by atoms with van der Waals surface area (Å²) < 4.78 is 10.9. The second kappa shape index (κ2) is 7.89. The number of nitrogens with zero attached hydrogens (tertiary/aromatic N) is 3. The van der Waals surface area contributed by atoms with Gasteiger partial charge in [0, 0.05) is 38.3 Å². The second-order valence-electron chi connectivity index (χ2n) is 6.75. The van der Waals surface area contributed by atoms with E-state index in [2.05, 4.69) is 11.4 Å². The number of piperazine rings is 1. The normalized spacial score (nSPS) is 20.8. The van der Waals surface area contributed by atoms with E-state index in [1.165, 1.54) is 0 Å². The van der Waals surface area contributed by atoms with Gasteiger partial charge in [-0.3, -0.25) is 19.8 Å². The van der Waals surface area contributed by atoms with Gasteiger partial charge in [0.25, 0.3) is 5.91 Å². The molecule has 0 radical (unpaired) electrons. The number of aryl methyl sites for hydroxylation is 1. The van der Waals surface area contributed by atoms with Crippen LogP contribution >= 0.6 is 0 Å². The molecular weight excluding hydrogens is 336 g/mol. The van der Waals surface area contributed by atoms with E-state index in [1.807, 2.05) is 9.80 Å². The minimum absolute atomic E-state index is 0.0619. The van der Waals surface area contributed by atoms with Crippen molar-refractivity contribution in [2.45, 2.75) is 32.8 Å². The van der Waals surface area contributed by atoms with E-state index in [0.717, 1.165) is 18.4 Å². The number of carbonyl (C=O) groups excluding carboxylic acids is 2. The van der Waals surface area contributed by atoms with Gasteiger partial charge in [0.2, 0.25) is 11.8 Å². The molecule has 0 aromatic carbocycles. The third-order valence-electron chi connectivity index (χ3n) is 5.01. The van der Waals surface area contributed by atoms with Crippen molar-refractivity contribution in [1.82, 2.24) is 9.80 Å². The molecule has 8 heteroatoms. The van der Waals surface area contributed by atoms with Crippen LogP contribution in [0.1, 0.15) is 29.7 Å². The van der Waals surface area contributed by atoms with Crippen molar-refractivity contribution < 1.29 is 18.7 Å². The fraction of sp³-hybridized carbons (Fsp3) is 0.611. The Kier molecular flexibility index (Phi) is 5.59. The summed E-state index contributed by atoms with van der Waals surface area (Å²) in [6, 6.07) is 2.06. The molecule has 3 rings (SSSR count). The van der Waals surface area contributed by atoms with E-state index < -0.39 is 0 Å². The maximum absolute atomic E-state index is 12.3. The van der Waals surface area contributed by atoms with Crippen LogP contribution in [0, 0.1) is 25.2 Å². The molecule has 1 aromatic rings. The molecule has 3 heterocycles. The lowest BCUT2D eigenvalue weighted by molar-refractivity contribution is -0.142. The molecule has 0 saturated carbocycles. The SMILES string of the molecule is Cc1oc(NC(=O)CN2CCN(C(=O)C3CCCO3)CC2)c(C#N)c1C. The van der Waals surface area contributed by atoms with Crippen molar-refractivity contribution in [2.75, 3.05) is 44.6 Å². The Morgan fingerprint density at radius 3 is 2.62 bits per heavy atom. The van der Waals surface area contributed by atoms with Crippen LogP contribution in [0.3, 0.4) is 0 Å². The number of hydrogen-bond acceptors (Lipinski definition) is 6. The first-order valence-electron chi connectivity index (χ1n) is 8.92. The van der Waals surface area contributed by atoms with Crippen molar-refractivity contribution in [1.29, 1.82) is 5.26 Å². The summed E-state index contributed by atoms with van der Waals surface area (Å²) >= 11 is 0. The molecule has 0 bridgehead atoms. The molecule has 0 aliphatic carbocycles. The van der Waals surface area contributed by atoms with Gasteiger partial charge in [0.15, 0.2) is 0 Å². The molecule has 140 valence electrons. The maximum atomic E-state index is 12.3. The van der Waals surface area contributed by atoms with Crippen molar-refractivity contribution in [2.24, 2.45) is 0 Å². The van der Waals surface area contributed by atoms with E-state index in [9.17, 15) is 14.9 Å². The van der Waals surface area contributed by atoms with Gasteiger partial charge < -0.3 is 14.1 Å². The second-order valence-corrected chi connectivity index (χ2v) is 6.75. The number of nitrogens with one attached hydrogen (secondary N) is 1. The lowest BCUT2D eigenvalue weighted by Gasteiger charge is -2.35. The van der Waals surface area contributed by atoms with E-state index in [-0.39, 0.29) is 30.3 Å². The molecule has 2 amide bonds. The predicted octanol–water partition coefficient (Wildman–Crippen LogP) is 1.03. The molecule has 1 atom stereocenters. The van der Waals surface area contributed by atoms with E-state index in [0.29, 0.717) is 44.1 Å². The maximum Gasteiger partial charge on any atom is 0.251 e. The van der Waals surface area contributed by atoms with E-state index in [1.54, 1.807) is 13.8 Å². The van der Waals surface area contributed by atoms with Crippen LogP contribution in [0.2, 0.25) is 0 Å². The lowest BCUT2D eigenvalue weighted by Crippen LogP contribution is -2.52. The van der Waals surface area contributed by atoms with E-state index in [4.69, 9.17) is 9.15 Å². The van der Waals surface area contributed by atoms with Gasteiger partial charge in [-0.2, -0.15) is 5.26 Å². The first-order valence-corrected chi connectivity index (χ1v) is 8.92. The molecular formula is C18H24N4O4. The van der Waals surface area contributed by atoms with Crippen LogP contribution in [-0.4, -0.2) is 67.0 Å². The third kappa shape index (κ3) is 3.89. The van der Waals surface area contributed by atoms with Crippen LogP contribution in [0.15, 0.2) is 4.42 Å². The number of anilines is 1. The first kappa shape index (κ1) is 18.4. The first-order chi connectivity index (χ1) is 12.5. The number of carbonyl (C=O) groups is 2. The highest BCUT2D eigenvalue weighted by atomic mass is 16.5. The number of rotatable bonds is 4. The van der Waals surface area contributed by atoms with Crippen LogP contribution in [0.4, 0.5) is 5.88 Å². The summed E-state index contributed by atoms with van der Waals surface area (Å²) in [5.41, 5.74) is 1.10. The van der Waals surface area contributed by atoms with E-state index >= 15 is 0 Å². The number of hydrogen-bond donors (Lipinski definition) is 1. The molecule has 2 fully saturated rings.